The summed E-state index contributed by atoms with van der Waals surface area (Å²) in [6, 6.07) is 0.00949. The molecule has 0 aliphatic carbocycles. The predicted molar refractivity (Wildman–Crippen MR) is 146 cm³/mol. The Labute approximate surface area is 206 Å². The molecule has 0 aliphatic rings. The van der Waals surface area contributed by atoms with Crippen molar-refractivity contribution in [2.24, 2.45) is 5.11 Å². The lowest BCUT2D eigenvalue weighted by molar-refractivity contribution is 0.114. The average Bonchev–Trinajstić information content (AvgIpc) is 2.82. The van der Waals surface area contributed by atoms with Crippen molar-refractivity contribution < 1.29 is 4.74 Å². The molecule has 192 valence electrons. The molecule has 33 heavy (non-hydrogen) atoms. The van der Waals surface area contributed by atoms with Crippen LogP contribution in [0.3, 0.4) is 0 Å². The van der Waals surface area contributed by atoms with Gasteiger partial charge in [0.05, 0.1) is 12.6 Å². The highest BCUT2D eigenvalue weighted by atomic mass is 16.5. The summed E-state index contributed by atoms with van der Waals surface area (Å²) in [6.45, 7) is 5.88. The Morgan fingerprint density at radius 2 is 1.18 bits per heavy atom. The Morgan fingerprint density at radius 1 is 0.667 bits per heavy atom. The van der Waals surface area contributed by atoms with Gasteiger partial charge < -0.3 is 4.74 Å². The maximum atomic E-state index is 8.78. The molecule has 0 saturated heterocycles. The molecule has 0 amide bonds. The lowest BCUT2D eigenvalue weighted by Crippen LogP contribution is -2.13. The van der Waals surface area contributed by atoms with E-state index in [-0.39, 0.29) is 6.04 Å². The van der Waals surface area contributed by atoms with E-state index in [4.69, 9.17) is 10.3 Å². The summed E-state index contributed by atoms with van der Waals surface area (Å²) in [7, 11) is 0. The zero-order valence-electron chi connectivity index (χ0n) is 22.2. The molecule has 0 radical (unpaired) electrons. The smallest absolute Gasteiger partial charge is 0.0608 e. The van der Waals surface area contributed by atoms with Gasteiger partial charge >= 0.3 is 0 Å². The summed E-state index contributed by atoms with van der Waals surface area (Å²) in [5.74, 6) is 0. The third kappa shape index (κ3) is 26.9. The normalized spacial score (nSPS) is 12.5. The zero-order chi connectivity index (χ0) is 24.1. The molecule has 0 N–H and O–H groups in total. The Balaban J connectivity index is 3.44. The van der Waals surface area contributed by atoms with E-state index >= 15 is 0 Å². The number of allylic oxidation sites excluding steroid dienone is 4. The number of rotatable bonds is 26. The van der Waals surface area contributed by atoms with E-state index in [1.54, 1.807) is 0 Å². The summed E-state index contributed by atoms with van der Waals surface area (Å²) in [4.78, 5) is 3.01. The number of azide groups is 1. The van der Waals surface area contributed by atoms with Crippen LogP contribution >= 0.6 is 0 Å². The van der Waals surface area contributed by atoms with Crippen molar-refractivity contribution in [1.82, 2.24) is 0 Å². The van der Waals surface area contributed by atoms with Crippen molar-refractivity contribution in [3.63, 3.8) is 0 Å². The minimum atomic E-state index is 0.00949. The molecular formula is C29H55N3O. The number of hydrogen-bond donors (Lipinski definition) is 0. The van der Waals surface area contributed by atoms with Gasteiger partial charge in [0.2, 0.25) is 0 Å². The van der Waals surface area contributed by atoms with E-state index in [0.717, 1.165) is 32.3 Å². The predicted octanol–water partition coefficient (Wildman–Crippen LogP) is 10.6. The second-order valence-electron chi connectivity index (χ2n) is 9.43. The van der Waals surface area contributed by atoms with Crippen LogP contribution in [-0.4, -0.2) is 19.3 Å². The van der Waals surface area contributed by atoms with Gasteiger partial charge in [-0.05, 0) is 50.5 Å². The second-order valence-corrected chi connectivity index (χ2v) is 9.43. The van der Waals surface area contributed by atoms with Gasteiger partial charge in [0.25, 0.3) is 0 Å². The highest BCUT2D eigenvalue weighted by Gasteiger charge is 2.06. The maximum absolute atomic E-state index is 8.78. The van der Waals surface area contributed by atoms with Crippen molar-refractivity contribution in [2.75, 3.05) is 13.2 Å². The van der Waals surface area contributed by atoms with E-state index in [2.05, 4.69) is 48.2 Å². The molecule has 0 spiro atoms. The Hall–Kier alpha value is -1.25. The highest BCUT2D eigenvalue weighted by molar-refractivity contribution is 4.92. The molecule has 0 aromatic carbocycles. The Morgan fingerprint density at radius 3 is 1.82 bits per heavy atom. The van der Waals surface area contributed by atoms with Crippen LogP contribution in [0, 0.1) is 0 Å². The topological polar surface area (TPSA) is 58.0 Å². The molecule has 0 saturated carbocycles. The fourth-order valence-electron chi connectivity index (χ4n) is 4.00. The number of ether oxygens (including phenoxy) is 1. The van der Waals surface area contributed by atoms with Gasteiger partial charge in [-0.15, -0.1) is 0 Å². The zero-order valence-corrected chi connectivity index (χ0v) is 22.2. The molecule has 4 nitrogen and oxygen atoms in total. The van der Waals surface area contributed by atoms with Gasteiger partial charge in [-0.1, -0.05) is 127 Å². The van der Waals surface area contributed by atoms with E-state index < -0.39 is 0 Å². The summed E-state index contributed by atoms with van der Waals surface area (Å²) in [6.07, 6.45) is 34.4. The summed E-state index contributed by atoms with van der Waals surface area (Å²) >= 11 is 0. The minimum Gasteiger partial charge on any atom is -0.381 e. The minimum absolute atomic E-state index is 0.00949. The van der Waals surface area contributed by atoms with Gasteiger partial charge in [-0.3, -0.25) is 0 Å². The van der Waals surface area contributed by atoms with Crippen molar-refractivity contribution in [1.29, 1.82) is 0 Å². The summed E-state index contributed by atoms with van der Waals surface area (Å²) < 4.78 is 5.80. The van der Waals surface area contributed by atoms with Gasteiger partial charge in [0.15, 0.2) is 0 Å². The van der Waals surface area contributed by atoms with Crippen LogP contribution in [0.4, 0.5) is 0 Å². The lowest BCUT2D eigenvalue weighted by Gasteiger charge is -2.11. The van der Waals surface area contributed by atoms with E-state index in [9.17, 15) is 0 Å². The molecule has 0 aromatic rings. The number of hydrogen-bond acceptors (Lipinski definition) is 2. The van der Waals surface area contributed by atoms with Gasteiger partial charge in [-0.25, -0.2) is 0 Å². The molecule has 0 unspecified atom stereocenters. The molecule has 0 aliphatic heterocycles. The first-order valence-corrected chi connectivity index (χ1v) is 14.3. The third-order valence-electron chi connectivity index (χ3n) is 6.16. The van der Waals surface area contributed by atoms with E-state index in [1.807, 2.05) is 0 Å². The highest BCUT2D eigenvalue weighted by Crippen LogP contribution is 2.12. The standard InChI is InChI=1S/C29H55N3O/c1-3-5-7-9-11-12-13-14-15-16-17-18-19-21-23-25-27-33-28-29(31-32-30)26-24-22-20-10-8-6-4-2/h11-12,14-15,29H,3-10,13,16-28H2,1-2H3/b12-11-,15-14-/t29-/m0/s1. The van der Waals surface area contributed by atoms with E-state index in [0.29, 0.717) is 6.61 Å². The fourth-order valence-corrected chi connectivity index (χ4v) is 4.00. The summed E-state index contributed by atoms with van der Waals surface area (Å²) in [5, 5.41) is 3.93. The first-order valence-electron chi connectivity index (χ1n) is 14.3. The second kappa shape index (κ2) is 28.8. The van der Waals surface area contributed by atoms with Crippen LogP contribution in [0.25, 0.3) is 10.4 Å². The van der Waals surface area contributed by atoms with Gasteiger partial charge in [-0.2, -0.15) is 0 Å². The Bertz CT molecular complexity index is 483. The van der Waals surface area contributed by atoms with Crippen LogP contribution in [0.1, 0.15) is 142 Å². The monoisotopic (exact) mass is 461 g/mol. The fraction of sp³-hybridized carbons (Fsp3) is 0.862. The van der Waals surface area contributed by atoms with Crippen LogP contribution in [-0.2, 0) is 4.74 Å². The number of nitrogens with zero attached hydrogens (tertiary/aromatic N) is 3. The van der Waals surface area contributed by atoms with Crippen LogP contribution in [0.2, 0.25) is 0 Å². The van der Waals surface area contributed by atoms with Gasteiger partial charge in [0, 0.05) is 11.5 Å². The lowest BCUT2D eigenvalue weighted by atomic mass is 10.1. The third-order valence-corrected chi connectivity index (χ3v) is 6.16. The van der Waals surface area contributed by atoms with Crippen molar-refractivity contribution in [2.45, 2.75) is 148 Å². The molecule has 4 heteroatoms. The van der Waals surface area contributed by atoms with Crippen molar-refractivity contribution in [3.8, 4) is 0 Å². The van der Waals surface area contributed by atoms with Crippen LogP contribution < -0.4 is 0 Å². The number of unbranched alkanes of at least 4 members (excludes halogenated alkanes) is 15. The van der Waals surface area contributed by atoms with Crippen LogP contribution in [0.5, 0.6) is 0 Å². The molecular weight excluding hydrogens is 406 g/mol. The first-order chi connectivity index (χ1) is 16.3. The molecule has 0 aromatic heterocycles. The largest absolute Gasteiger partial charge is 0.381 e. The summed E-state index contributed by atoms with van der Waals surface area (Å²) in [5.41, 5.74) is 8.78. The Kier molecular flexibility index (Phi) is 27.7. The molecule has 0 rings (SSSR count). The van der Waals surface area contributed by atoms with Crippen molar-refractivity contribution >= 4 is 0 Å². The SMILES string of the molecule is CCCCC/C=C\C/C=C\CCCCCCCCOC[C@H](CCCCCCCCC)N=[N+]=[N-]. The molecule has 0 bridgehead atoms. The maximum Gasteiger partial charge on any atom is 0.0608 e. The quantitative estimate of drug-likeness (QED) is 0.0415. The van der Waals surface area contributed by atoms with Crippen molar-refractivity contribution in [3.05, 3.63) is 34.7 Å². The molecule has 1 atom stereocenters. The van der Waals surface area contributed by atoms with Crippen LogP contribution in [0.15, 0.2) is 29.4 Å². The average molecular weight is 462 g/mol. The molecule has 0 fully saturated rings. The first kappa shape index (κ1) is 31.8. The molecule has 0 heterocycles. The van der Waals surface area contributed by atoms with Gasteiger partial charge in [0.1, 0.15) is 0 Å². The van der Waals surface area contributed by atoms with E-state index in [1.165, 1.54) is 103 Å².